The van der Waals surface area contributed by atoms with Crippen LogP contribution in [0.5, 0.6) is 17.2 Å². The van der Waals surface area contributed by atoms with Gasteiger partial charge >= 0.3 is 0 Å². The summed E-state index contributed by atoms with van der Waals surface area (Å²) in [6.07, 6.45) is 0.268. The molecule has 0 bridgehead atoms. The Hall–Kier alpha value is -2.24. The third-order valence-electron chi connectivity index (χ3n) is 4.35. The first-order valence-electron chi connectivity index (χ1n) is 8.92. The van der Waals surface area contributed by atoms with Gasteiger partial charge in [-0.25, -0.2) is 0 Å². The van der Waals surface area contributed by atoms with Crippen LogP contribution in [-0.2, 0) is 13.0 Å². The van der Waals surface area contributed by atoms with E-state index in [2.05, 4.69) is 25.2 Å². The van der Waals surface area contributed by atoms with Crippen molar-refractivity contribution in [1.29, 1.82) is 0 Å². The SMILES string of the molecule is COc1ccc(CNC[C@@H](O)COc2cccc3c2OC(C)(C)C3)cc1. The summed E-state index contributed by atoms with van der Waals surface area (Å²) in [5.74, 6) is 2.33. The average molecular weight is 357 g/mol. The molecule has 0 spiro atoms. The normalized spacial score (nSPS) is 15.8. The summed E-state index contributed by atoms with van der Waals surface area (Å²) < 4.78 is 16.9. The molecule has 0 saturated heterocycles. The Labute approximate surface area is 154 Å². The first-order valence-corrected chi connectivity index (χ1v) is 8.92. The topological polar surface area (TPSA) is 60.0 Å². The number of hydrogen-bond donors (Lipinski definition) is 2. The number of hydrogen-bond acceptors (Lipinski definition) is 5. The van der Waals surface area contributed by atoms with Crippen LogP contribution in [-0.4, -0.2) is 37.1 Å². The highest BCUT2D eigenvalue weighted by atomic mass is 16.5. The Balaban J connectivity index is 1.45. The number of rotatable bonds is 8. The van der Waals surface area contributed by atoms with Crippen LogP contribution in [0.1, 0.15) is 25.0 Å². The minimum Gasteiger partial charge on any atom is -0.497 e. The molecular formula is C21H27NO4. The number of methoxy groups -OCH3 is 1. The lowest BCUT2D eigenvalue weighted by molar-refractivity contribution is 0.0971. The van der Waals surface area contributed by atoms with Crippen molar-refractivity contribution >= 4 is 0 Å². The number of aliphatic hydroxyl groups is 1. The summed E-state index contributed by atoms with van der Waals surface area (Å²) in [5.41, 5.74) is 2.08. The fourth-order valence-corrected chi connectivity index (χ4v) is 3.07. The van der Waals surface area contributed by atoms with E-state index in [1.807, 2.05) is 36.4 Å². The zero-order valence-electron chi connectivity index (χ0n) is 15.6. The van der Waals surface area contributed by atoms with Crippen molar-refractivity contribution in [1.82, 2.24) is 5.32 Å². The second-order valence-corrected chi connectivity index (χ2v) is 7.23. The lowest BCUT2D eigenvalue weighted by atomic mass is 10.0. The predicted octanol–water partition coefficient (Wildman–Crippen LogP) is 2.94. The van der Waals surface area contributed by atoms with Gasteiger partial charge in [-0.3, -0.25) is 0 Å². The Morgan fingerprint density at radius 2 is 1.96 bits per heavy atom. The van der Waals surface area contributed by atoms with E-state index in [0.717, 1.165) is 29.0 Å². The van der Waals surface area contributed by atoms with Gasteiger partial charge in [0.1, 0.15) is 24.1 Å². The van der Waals surface area contributed by atoms with E-state index in [1.54, 1.807) is 7.11 Å². The number of aliphatic hydroxyl groups excluding tert-OH is 1. The molecule has 1 aliphatic heterocycles. The fraction of sp³-hybridized carbons (Fsp3) is 0.429. The van der Waals surface area contributed by atoms with Crippen LogP contribution in [0.2, 0.25) is 0 Å². The zero-order chi connectivity index (χ0) is 18.6. The lowest BCUT2D eigenvalue weighted by Gasteiger charge is -2.19. The molecule has 26 heavy (non-hydrogen) atoms. The first-order chi connectivity index (χ1) is 12.5. The maximum Gasteiger partial charge on any atom is 0.165 e. The van der Waals surface area contributed by atoms with Crippen LogP contribution in [0.4, 0.5) is 0 Å². The molecule has 0 unspecified atom stereocenters. The van der Waals surface area contributed by atoms with Gasteiger partial charge in [-0.15, -0.1) is 0 Å². The molecular weight excluding hydrogens is 330 g/mol. The summed E-state index contributed by atoms with van der Waals surface area (Å²) >= 11 is 0. The molecule has 5 nitrogen and oxygen atoms in total. The molecule has 140 valence electrons. The minimum atomic E-state index is -0.599. The smallest absolute Gasteiger partial charge is 0.165 e. The van der Waals surface area contributed by atoms with Crippen LogP contribution in [0.3, 0.4) is 0 Å². The monoisotopic (exact) mass is 357 g/mol. The lowest BCUT2D eigenvalue weighted by Crippen LogP contribution is -2.31. The molecule has 0 fully saturated rings. The van der Waals surface area contributed by atoms with Gasteiger partial charge in [-0.2, -0.15) is 0 Å². The first kappa shape index (κ1) is 18.5. The highest BCUT2D eigenvalue weighted by Gasteiger charge is 2.32. The molecule has 2 N–H and O–H groups in total. The number of benzene rings is 2. The van der Waals surface area contributed by atoms with E-state index in [1.165, 1.54) is 0 Å². The number of nitrogens with one attached hydrogen (secondary N) is 1. The van der Waals surface area contributed by atoms with Crippen molar-refractivity contribution in [2.75, 3.05) is 20.3 Å². The third kappa shape index (κ3) is 4.68. The number of para-hydroxylation sites is 1. The van der Waals surface area contributed by atoms with Gasteiger partial charge < -0.3 is 24.6 Å². The Kier molecular flexibility index (Phi) is 5.69. The summed E-state index contributed by atoms with van der Waals surface area (Å²) in [5, 5.41) is 13.4. The quantitative estimate of drug-likeness (QED) is 0.761. The van der Waals surface area contributed by atoms with Gasteiger partial charge in [-0.1, -0.05) is 24.3 Å². The van der Waals surface area contributed by atoms with Gasteiger partial charge in [0.25, 0.3) is 0 Å². The molecule has 0 radical (unpaired) electrons. The molecule has 1 heterocycles. The minimum absolute atomic E-state index is 0.208. The Bertz CT molecular complexity index is 727. The van der Waals surface area contributed by atoms with Crippen molar-refractivity contribution in [3.05, 3.63) is 53.6 Å². The second kappa shape index (κ2) is 7.98. The molecule has 2 aromatic rings. The van der Waals surface area contributed by atoms with Crippen LogP contribution in [0.25, 0.3) is 0 Å². The van der Waals surface area contributed by atoms with Crippen LogP contribution in [0.15, 0.2) is 42.5 Å². The Morgan fingerprint density at radius 1 is 1.19 bits per heavy atom. The third-order valence-corrected chi connectivity index (χ3v) is 4.35. The molecule has 0 aromatic heterocycles. The van der Waals surface area contributed by atoms with E-state index in [-0.39, 0.29) is 12.2 Å². The molecule has 0 amide bonds. The molecule has 1 aliphatic rings. The van der Waals surface area contributed by atoms with Crippen molar-refractivity contribution in [3.63, 3.8) is 0 Å². The van der Waals surface area contributed by atoms with E-state index < -0.39 is 6.10 Å². The number of ether oxygens (including phenoxy) is 3. The summed E-state index contributed by atoms with van der Waals surface area (Å²) in [4.78, 5) is 0. The maximum atomic E-state index is 10.2. The highest BCUT2D eigenvalue weighted by molar-refractivity contribution is 5.50. The largest absolute Gasteiger partial charge is 0.497 e. The molecule has 0 saturated carbocycles. The molecule has 1 atom stereocenters. The van der Waals surface area contributed by atoms with Gasteiger partial charge in [0.2, 0.25) is 0 Å². The van der Waals surface area contributed by atoms with Gasteiger partial charge in [0.05, 0.1) is 7.11 Å². The van der Waals surface area contributed by atoms with E-state index in [4.69, 9.17) is 14.2 Å². The van der Waals surface area contributed by atoms with Crippen LogP contribution < -0.4 is 19.5 Å². The van der Waals surface area contributed by atoms with E-state index >= 15 is 0 Å². The maximum absolute atomic E-state index is 10.2. The van der Waals surface area contributed by atoms with Crippen molar-refractivity contribution in [3.8, 4) is 17.2 Å². The summed E-state index contributed by atoms with van der Waals surface area (Å²) in [6.45, 7) is 5.48. The van der Waals surface area contributed by atoms with Crippen molar-refractivity contribution in [2.24, 2.45) is 0 Å². The highest BCUT2D eigenvalue weighted by Crippen LogP contribution is 2.41. The van der Waals surface area contributed by atoms with Gasteiger partial charge in [0.15, 0.2) is 11.5 Å². The summed E-state index contributed by atoms with van der Waals surface area (Å²) in [6, 6.07) is 13.8. The number of fused-ring (bicyclic) bond motifs is 1. The average Bonchev–Trinajstić information content (AvgIpc) is 2.95. The van der Waals surface area contributed by atoms with Crippen molar-refractivity contribution < 1.29 is 19.3 Å². The Morgan fingerprint density at radius 3 is 2.69 bits per heavy atom. The van der Waals surface area contributed by atoms with Crippen LogP contribution in [0, 0.1) is 0 Å². The standard InChI is InChI=1S/C21H27NO4/c1-21(2)11-16-5-4-6-19(20(16)26-21)25-14-17(23)13-22-12-15-7-9-18(24-3)10-8-15/h4-10,17,22-23H,11-14H2,1-3H3/t17-/m1/s1. The van der Waals surface area contributed by atoms with Crippen molar-refractivity contribution in [2.45, 2.75) is 38.5 Å². The van der Waals surface area contributed by atoms with Gasteiger partial charge in [-0.05, 0) is 37.6 Å². The zero-order valence-corrected chi connectivity index (χ0v) is 15.6. The fourth-order valence-electron chi connectivity index (χ4n) is 3.07. The second-order valence-electron chi connectivity index (χ2n) is 7.23. The van der Waals surface area contributed by atoms with E-state index in [9.17, 15) is 5.11 Å². The summed E-state index contributed by atoms with van der Waals surface area (Å²) in [7, 11) is 1.65. The predicted molar refractivity (Wildman–Crippen MR) is 101 cm³/mol. The molecule has 0 aliphatic carbocycles. The molecule has 5 heteroatoms. The molecule has 3 rings (SSSR count). The van der Waals surface area contributed by atoms with Crippen LogP contribution >= 0.6 is 0 Å². The molecule has 2 aromatic carbocycles. The van der Waals surface area contributed by atoms with E-state index in [0.29, 0.717) is 18.8 Å². The van der Waals surface area contributed by atoms with Gasteiger partial charge in [0, 0.05) is 25.1 Å².